The van der Waals surface area contributed by atoms with Crippen LogP contribution in [0.25, 0.3) is 0 Å². The van der Waals surface area contributed by atoms with Crippen LogP contribution in [0, 0.1) is 0 Å². The van der Waals surface area contributed by atoms with Crippen LogP contribution >= 0.6 is 0 Å². The molecule has 0 aliphatic heterocycles. The third-order valence-electron chi connectivity index (χ3n) is 4.06. The average Bonchev–Trinajstić information content (AvgIpc) is 2.78. The molecule has 0 fully saturated rings. The quantitative estimate of drug-likeness (QED) is 0.599. The van der Waals surface area contributed by atoms with Gasteiger partial charge in [-0.05, 0) is 43.2 Å². The van der Waals surface area contributed by atoms with E-state index in [1.165, 1.54) is 38.5 Å². The van der Waals surface area contributed by atoms with E-state index in [9.17, 15) is 0 Å². The van der Waals surface area contributed by atoms with Crippen molar-refractivity contribution in [3.63, 3.8) is 0 Å². The average molecular weight is 227 g/mol. The molecule has 1 aromatic rings. The van der Waals surface area contributed by atoms with Crippen molar-refractivity contribution in [2.75, 3.05) is 0 Å². The fourth-order valence-electron chi connectivity index (χ4n) is 3.13. The molecule has 1 nitrogen and oxygen atoms in total. The number of fused-ring (bicyclic) bond motifs is 1. The van der Waals surface area contributed by atoms with Gasteiger partial charge < -0.3 is 5.32 Å². The number of hydrogen-bond acceptors (Lipinski definition) is 1. The van der Waals surface area contributed by atoms with Crippen LogP contribution in [0.3, 0.4) is 0 Å². The van der Waals surface area contributed by atoms with Crippen LogP contribution < -0.4 is 5.32 Å². The second kappa shape index (κ2) is 5.05. The Kier molecular flexibility index (Phi) is 3.28. The third-order valence-corrected chi connectivity index (χ3v) is 4.06. The van der Waals surface area contributed by atoms with Gasteiger partial charge in [0, 0.05) is 12.1 Å². The molecule has 0 radical (unpaired) electrons. The largest absolute Gasteiger partial charge is 0.307 e. The van der Waals surface area contributed by atoms with Crippen molar-refractivity contribution >= 4 is 0 Å². The molecule has 1 atom stereocenters. The van der Waals surface area contributed by atoms with Crippen LogP contribution in [0.2, 0.25) is 0 Å². The Hall–Kier alpha value is -1.08. The zero-order valence-corrected chi connectivity index (χ0v) is 10.4. The Morgan fingerprint density at radius 3 is 2.71 bits per heavy atom. The van der Waals surface area contributed by atoms with Crippen molar-refractivity contribution in [3.8, 4) is 0 Å². The molecule has 90 valence electrons. The molecule has 3 rings (SSSR count). The SMILES string of the molecule is C1=CCC(NC2CCCCc3ccccc32)C1. The third kappa shape index (κ3) is 2.44. The number of aryl methyl sites for hydroxylation is 1. The van der Waals surface area contributed by atoms with Crippen LogP contribution in [0.4, 0.5) is 0 Å². The fraction of sp³-hybridized carbons (Fsp3) is 0.500. The highest BCUT2D eigenvalue weighted by Gasteiger charge is 2.21. The van der Waals surface area contributed by atoms with E-state index in [0.29, 0.717) is 12.1 Å². The van der Waals surface area contributed by atoms with Crippen LogP contribution in [0.15, 0.2) is 36.4 Å². The Labute approximate surface area is 104 Å². The maximum atomic E-state index is 3.85. The maximum Gasteiger partial charge on any atom is 0.0325 e. The minimum atomic E-state index is 0.582. The van der Waals surface area contributed by atoms with E-state index in [-0.39, 0.29) is 0 Å². The monoisotopic (exact) mass is 227 g/mol. The van der Waals surface area contributed by atoms with Gasteiger partial charge in [0.2, 0.25) is 0 Å². The molecule has 0 amide bonds. The molecule has 17 heavy (non-hydrogen) atoms. The van der Waals surface area contributed by atoms with E-state index in [1.807, 2.05) is 0 Å². The second-order valence-corrected chi connectivity index (χ2v) is 5.30. The molecule has 0 aromatic heterocycles. The lowest BCUT2D eigenvalue weighted by Crippen LogP contribution is -2.31. The second-order valence-electron chi connectivity index (χ2n) is 5.30. The van der Waals surface area contributed by atoms with Gasteiger partial charge >= 0.3 is 0 Å². The fourth-order valence-corrected chi connectivity index (χ4v) is 3.13. The first-order valence-corrected chi connectivity index (χ1v) is 6.92. The molecule has 2 aliphatic carbocycles. The predicted octanol–water partition coefficient (Wildman–Crippen LogP) is 3.76. The van der Waals surface area contributed by atoms with Crippen molar-refractivity contribution in [2.24, 2.45) is 0 Å². The van der Waals surface area contributed by atoms with Crippen molar-refractivity contribution in [3.05, 3.63) is 47.5 Å². The molecule has 0 saturated heterocycles. The summed E-state index contributed by atoms with van der Waals surface area (Å²) in [6.07, 6.45) is 12.3. The molecule has 1 unspecified atom stereocenters. The Bertz CT molecular complexity index is 400. The van der Waals surface area contributed by atoms with Gasteiger partial charge in [-0.15, -0.1) is 0 Å². The minimum absolute atomic E-state index is 0.582. The number of hydrogen-bond donors (Lipinski definition) is 1. The summed E-state index contributed by atoms with van der Waals surface area (Å²) in [6, 6.07) is 10.2. The van der Waals surface area contributed by atoms with Gasteiger partial charge in [0.05, 0.1) is 0 Å². The van der Waals surface area contributed by atoms with E-state index in [0.717, 1.165) is 0 Å². The Morgan fingerprint density at radius 2 is 1.82 bits per heavy atom. The molecule has 1 aromatic carbocycles. The van der Waals surface area contributed by atoms with E-state index in [1.54, 1.807) is 11.1 Å². The van der Waals surface area contributed by atoms with Gasteiger partial charge in [0.15, 0.2) is 0 Å². The lowest BCUT2D eigenvalue weighted by molar-refractivity contribution is 0.422. The summed E-state index contributed by atoms with van der Waals surface area (Å²) < 4.78 is 0. The predicted molar refractivity (Wildman–Crippen MR) is 72.0 cm³/mol. The molecule has 0 bridgehead atoms. The minimum Gasteiger partial charge on any atom is -0.307 e. The summed E-state index contributed by atoms with van der Waals surface area (Å²) in [4.78, 5) is 0. The summed E-state index contributed by atoms with van der Waals surface area (Å²) in [5, 5.41) is 3.85. The van der Waals surface area contributed by atoms with Crippen molar-refractivity contribution in [1.29, 1.82) is 0 Å². The highest BCUT2D eigenvalue weighted by atomic mass is 15.0. The van der Waals surface area contributed by atoms with Gasteiger partial charge in [-0.2, -0.15) is 0 Å². The first-order valence-electron chi connectivity index (χ1n) is 6.92. The summed E-state index contributed by atoms with van der Waals surface area (Å²) in [7, 11) is 0. The lowest BCUT2D eigenvalue weighted by Gasteiger charge is -2.23. The van der Waals surface area contributed by atoms with Crippen molar-refractivity contribution in [2.45, 2.75) is 50.6 Å². The molecule has 0 heterocycles. The van der Waals surface area contributed by atoms with Crippen molar-refractivity contribution < 1.29 is 0 Å². The highest BCUT2D eigenvalue weighted by molar-refractivity contribution is 5.31. The van der Waals surface area contributed by atoms with E-state index < -0.39 is 0 Å². The number of rotatable bonds is 2. The first kappa shape index (κ1) is 11.0. The molecule has 1 N–H and O–H groups in total. The van der Waals surface area contributed by atoms with Gasteiger partial charge in [-0.3, -0.25) is 0 Å². The molecule has 2 aliphatic rings. The number of nitrogens with one attached hydrogen (secondary N) is 1. The highest BCUT2D eigenvalue weighted by Crippen LogP contribution is 2.29. The number of benzene rings is 1. The molecule has 1 heteroatoms. The maximum absolute atomic E-state index is 3.85. The summed E-state index contributed by atoms with van der Waals surface area (Å²) in [5.74, 6) is 0. The normalized spacial score (nSPS) is 24.6. The van der Waals surface area contributed by atoms with E-state index in [4.69, 9.17) is 0 Å². The zero-order chi connectivity index (χ0) is 11.5. The zero-order valence-electron chi connectivity index (χ0n) is 10.4. The van der Waals surface area contributed by atoms with E-state index >= 15 is 0 Å². The Balaban J connectivity index is 1.79. The van der Waals surface area contributed by atoms with Gasteiger partial charge in [-0.25, -0.2) is 0 Å². The summed E-state index contributed by atoms with van der Waals surface area (Å²) in [6.45, 7) is 0. The lowest BCUT2D eigenvalue weighted by atomic mass is 9.98. The van der Waals surface area contributed by atoms with Gasteiger partial charge in [0.1, 0.15) is 0 Å². The van der Waals surface area contributed by atoms with Gasteiger partial charge in [0.25, 0.3) is 0 Å². The molecule has 0 spiro atoms. The molecule has 0 saturated carbocycles. The summed E-state index contributed by atoms with van der Waals surface area (Å²) in [5.41, 5.74) is 3.12. The van der Waals surface area contributed by atoms with E-state index in [2.05, 4.69) is 41.7 Å². The van der Waals surface area contributed by atoms with Crippen molar-refractivity contribution in [1.82, 2.24) is 5.32 Å². The summed E-state index contributed by atoms with van der Waals surface area (Å²) >= 11 is 0. The smallest absolute Gasteiger partial charge is 0.0325 e. The van der Waals surface area contributed by atoms with Crippen LogP contribution in [0.1, 0.15) is 49.3 Å². The first-order chi connectivity index (χ1) is 8.43. The molecular formula is C16H21N. The van der Waals surface area contributed by atoms with Crippen LogP contribution in [-0.4, -0.2) is 6.04 Å². The van der Waals surface area contributed by atoms with Crippen LogP contribution in [0.5, 0.6) is 0 Å². The molecular weight excluding hydrogens is 206 g/mol. The standard InChI is InChI=1S/C16H21N/c1-5-11-15-13(7-1)8-2-6-12-16(15)17-14-9-3-4-10-14/h1,3-5,7,11,14,16-17H,2,6,8-10,12H2. The van der Waals surface area contributed by atoms with Gasteiger partial charge in [-0.1, -0.05) is 42.8 Å². The Morgan fingerprint density at radius 1 is 1.00 bits per heavy atom. The van der Waals surface area contributed by atoms with Crippen LogP contribution in [-0.2, 0) is 6.42 Å². The topological polar surface area (TPSA) is 12.0 Å².